The molecule has 7 heteroatoms. The van der Waals surface area contributed by atoms with Gasteiger partial charge in [-0.1, -0.05) is 12.1 Å². The second kappa shape index (κ2) is 7.80. The number of amides is 3. The molecule has 2 aromatic carbocycles. The molecule has 28 heavy (non-hydrogen) atoms. The highest BCUT2D eigenvalue weighted by Gasteiger charge is 2.38. The Morgan fingerprint density at radius 2 is 1.89 bits per heavy atom. The number of carbonyl (C=O) groups excluding carboxylic acids is 2. The van der Waals surface area contributed by atoms with Crippen molar-refractivity contribution >= 4 is 23.3 Å². The molecule has 0 atom stereocenters. The van der Waals surface area contributed by atoms with Gasteiger partial charge in [-0.05, 0) is 49.6 Å². The van der Waals surface area contributed by atoms with Crippen LogP contribution in [0.4, 0.5) is 16.2 Å². The van der Waals surface area contributed by atoms with Crippen molar-refractivity contribution in [2.45, 2.75) is 25.7 Å². The molecule has 0 saturated heterocycles. The predicted octanol–water partition coefficient (Wildman–Crippen LogP) is 3.30. The maximum absolute atomic E-state index is 12.2. The molecule has 0 unspecified atom stereocenters. The van der Waals surface area contributed by atoms with Crippen molar-refractivity contribution in [3.63, 3.8) is 0 Å². The number of rotatable bonds is 6. The first-order valence-corrected chi connectivity index (χ1v) is 9.07. The number of benzene rings is 2. The van der Waals surface area contributed by atoms with Crippen LogP contribution in [0, 0.1) is 0 Å². The Morgan fingerprint density at radius 3 is 2.61 bits per heavy atom. The number of anilines is 2. The lowest BCUT2D eigenvalue weighted by Gasteiger charge is -2.15. The summed E-state index contributed by atoms with van der Waals surface area (Å²) >= 11 is 0. The van der Waals surface area contributed by atoms with Gasteiger partial charge in [-0.15, -0.1) is 0 Å². The fourth-order valence-electron chi connectivity index (χ4n) is 3.22. The second-order valence-electron chi connectivity index (χ2n) is 7.15. The molecule has 2 aromatic rings. The zero-order valence-electron chi connectivity index (χ0n) is 16.5. The second-order valence-corrected chi connectivity index (χ2v) is 7.15. The molecule has 3 amide bonds. The number of hydrogen-bond acceptors (Lipinski definition) is 4. The summed E-state index contributed by atoms with van der Waals surface area (Å²) in [5, 5.41) is 8.48. The predicted molar refractivity (Wildman–Crippen MR) is 108 cm³/mol. The fraction of sp³-hybridized carbons (Fsp3) is 0.333. The normalized spacial score (nSPS) is 14.1. The SMILES string of the molecule is COc1ccc(CCNC(=O)Nc2ccc3c(c2)NC(=O)C3(C)C)c(OC)c1. The van der Waals surface area contributed by atoms with Crippen LogP contribution < -0.4 is 25.4 Å². The Morgan fingerprint density at radius 1 is 1.11 bits per heavy atom. The van der Waals surface area contributed by atoms with Crippen LogP contribution in [0.5, 0.6) is 11.5 Å². The van der Waals surface area contributed by atoms with E-state index in [0.29, 0.717) is 18.7 Å². The molecule has 1 heterocycles. The van der Waals surface area contributed by atoms with E-state index in [2.05, 4.69) is 16.0 Å². The summed E-state index contributed by atoms with van der Waals surface area (Å²) in [5.41, 5.74) is 2.70. The summed E-state index contributed by atoms with van der Waals surface area (Å²) in [6.07, 6.45) is 0.620. The molecule has 1 aliphatic rings. The van der Waals surface area contributed by atoms with E-state index in [9.17, 15) is 9.59 Å². The third-order valence-corrected chi connectivity index (χ3v) is 4.94. The standard InChI is InChI=1S/C21H25N3O4/c1-21(2)16-8-6-14(11-17(16)24-19(21)25)23-20(26)22-10-9-13-5-7-15(27-3)12-18(13)28-4/h5-8,11-12H,9-10H2,1-4H3,(H,24,25)(H2,22,23,26). The molecule has 0 bridgehead atoms. The van der Waals surface area contributed by atoms with Gasteiger partial charge < -0.3 is 25.4 Å². The summed E-state index contributed by atoms with van der Waals surface area (Å²) in [4.78, 5) is 24.2. The zero-order chi connectivity index (χ0) is 20.3. The van der Waals surface area contributed by atoms with Gasteiger partial charge in [-0.3, -0.25) is 4.79 Å². The van der Waals surface area contributed by atoms with Crippen LogP contribution in [0.2, 0.25) is 0 Å². The van der Waals surface area contributed by atoms with E-state index in [0.717, 1.165) is 28.3 Å². The Labute approximate surface area is 164 Å². The number of urea groups is 1. The Hall–Kier alpha value is -3.22. The first-order chi connectivity index (χ1) is 13.3. The molecule has 148 valence electrons. The quantitative estimate of drug-likeness (QED) is 0.714. The number of fused-ring (bicyclic) bond motifs is 1. The van der Waals surface area contributed by atoms with Crippen molar-refractivity contribution < 1.29 is 19.1 Å². The largest absolute Gasteiger partial charge is 0.497 e. The maximum atomic E-state index is 12.2. The molecule has 3 N–H and O–H groups in total. The third kappa shape index (κ3) is 3.88. The Kier molecular flexibility index (Phi) is 5.44. The molecule has 0 saturated carbocycles. The molecule has 0 spiro atoms. The lowest BCUT2D eigenvalue weighted by Crippen LogP contribution is -2.30. The minimum Gasteiger partial charge on any atom is -0.497 e. The smallest absolute Gasteiger partial charge is 0.319 e. The highest BCUT2D eigenvalue weighted by Crippen LogP contribution is 2.38. The minimum atomic E-state index is -0.562. The van der Waals surface area contributed by atoms with Crippen molar-refractivity contribution in [2.75, 3.05) is 31.4 Å². The highest BCUT2D eigenvalue weighted by atomic mass is 16.5. The maximum Gasteiger partial charge on any atom is 0.319 e. The summed E-state index contributed by atoms with van der Waals surface area (Å²) in [5.74, 6) is 1.40. The third-order valence-electron chi connectivity index (χ3n) is 4.94. The van der Waals surface area contributed by atoms with E-state index in [1.807, 2.05) is 38.1 Å². The molecular formula is C21H25N3O4. The van der Waals surface area contributed by atoms with E-state index in [4.69, 9.17) is 9.47 Å². The van der Waals surface area contributed by atoms with Gasteiger partial charge >= 0.3 is 6.03 Å². The van der Waals surface area contributed by atoms with Gasteiger partial charge in [0.2, 0.25) is 5.91 Å². The summed E-state index contributed by atoms with van der Waals surface area (Å²) < 4.78 is 10.6. The number of methoxy groups -OCH3 is 2. The van der Waals surface area contributed by atoms with Gasteiger partial charge in [0.1, 0.15) is 11.5 Å². The van der Waals surface area contributed by atoms with Crippen molar-refractivity contribution in [3.05, 3.63) is 47.5 Å². The lowest BCUT2D eigenvalue weighted by atomic mass is 9.86. The summed E-state index contributed by atoms with van der Waals surface area (Å²) in [7, 11) is 3.21. The zero-order valence-corrected chi connectivity index (χ0v) is 16.5. The van der Waals surface area contributed by atoms with Crippen LogP contribution in [0.1, 0.15) is 25.0 Å². The van der Waals surface area contributed by atoms with E-state index in [1.54, 1.807) is 26.4 Å². The topological polar surface area (TPSA) is 88.7 Å². The Bertz CT molecular complexity index is 909. The molecule has 0 radical (unpaired) electrons. The highest BCUT2D eigenvalue weighted by molar-refractivity contribution is 6.06. The number of ether oxygens (including phenoxy) is 2. The van der Waals surface area contributed by atoms with Gasteiger partial charge in [0.05, 0.1) is 19.6 Å². The van der Waals surface area contributed by atoms with Crippen LogP contribution in [-0.2, 0) is 16.6 Å². The summed E-state index contributed by atoms with van der Waals surface area (Å²) in [6.45, 7) is 4.20. The molecule has 0 aromatic heterocycles. The van der Waals surface area contributed by atoms with Crippen molar-refractivity contribution in [1.29, 1.82) is 0 Å². The molecule has 1 aliphatic heterocycles. The van der Waals surface area contributed by atoms with Crippen LogP contribution in [0.3, 0.4) is 0 Å². The van der Waals surface area contributed by atoms with Crippen LogP contribution in [-0.4, -0.2) is 32.7 Å². The Balaban J connectivity index is 1.56. The van der Waals surface area contributed by atoms with Crippen molar-refractivity contribution in [3.8, 4) is 11.5 Å². The average molecular weight is 383 g/mol. The van der Waals surface area contributed by atoms with Crippen LogP contribution in [0.25, 0.3) is 0 Å². The number of hydrogen-bond donors (Lipinski definition) is 3. The van der Waals surface area contributed by atoms with Gasteiger partial charge in [0, 0.05) is 24.0 Å². The van der Waals surface area contributed by atoms with Gasteiger partial charge in [0.15, 0.2) is 0 Å². The first-order valence-electron chi connectivity index (χ1n) is 9.07. The van der Waals surface area contributed by atoms with Crippen molar-refractivity contribution in [1.82, 2.24) is 5.32 Å². The molecular weight excluding hydrogens is 358 g/mol. The van der Waals surface area contributed by atoms with Gasteiger partial charge in [0.25, 0.3) is 0 Å². The molecule has 7 nitrogen and oxygen atoms in total. The van der Waals surface area contributed by atoms with Crippen LogP contribution >= 0.6 is 0 Å². The first kappa shape index (κ1) is 19.5. The van der Waals surface area contributed by atoms with Crippen LogP contribution in [0.15, 0.2) is 36.4 Å². The molecule has 0 fully saturated rings. The molecule has 3 rings (SSSR count). The molecule has 0 aliphatic carbocycles. The monoisotopic (exact) mass is 383 g/mol. The van der Waals surface area contributed by atoms with E-state index < -0.39 is 5.41 Å². The van der Waals surface area contributed by atoms with E-state index in [-0.39, 0.29) is 11.9 Å². The van der Waals surface area contributed by atoms with E-state index in [1.165, 1.54) is 0 Å². The fourth-order valence-corrected chi connectivity index (χ4v) is 3.22. The number of carbonyl (C=O) groups is 2. The minimum absolute atomic E-state index is 0.0439. The van der Waals surface area contributed by atoms with Crippen molar-refractivity contribution in [2.24, 2.45) is 0 Å². The van der Waals surface area contributed by atoms with Gasteiger partial charge in [-0.2, -0.15) is 0 Å². The number of nitrogens with one attached hydrogen (secondary N) is 3. The van der Waals surface area contributed by atoms with E-state index >= 15 is 0 Å². The summed E-state index contributed by atoms with van der Waals surface area (Å²) in [6, 6.07) is 10.7. The van der Waals surface area contributed by atoms with Gasteiger partial charge in [-0.25, -0.2) is 4.79 Å². The average Bonchev–Trinajstić information content (AvgIpc) is 2.90. The lowest BCUT2D eigenvalue weighted by molar-refractivity contribution is -0.119.